The molecule has 0 unspecified atom stereocenters. The van der Waals surface area contributed by atoms with E-state index in [0.29, 0.717) is 17.9 Å². The second-order valence-corrected chi connectivity index (χ2v) is 5.28. The van der Waals surface area contributed by atoms with Crippen molar-refractivity contribution in [1.29, 1.82) is 0 Å². The highest BCUT2D eigenvalue weighted by Crippen LogP contribution is 2.06. The molecular weight excluding hydrogens is 326 g/mol. The Hall–Kier alpha value is -1.30. The Morgan fingerprint density at radius 1 is 1.08 bits per heavy atom. The number of unbranched alkanes of at least 4 members (excludes halogenated alkanes) is 2. The highest BCUT2D eigenvalue weighted by atomic mass is 35.5. The highest BCUT2D eigenvalue weighted by Gasteiger charge is 2.07. The van der Waals surface area contributed by atoms with Gasteiger partial charge < -0.3 is 21.1 Å². The van der Waals surface area contributed by atoms with E-state index in [1.165, 1.54) is 19.3 Å². The number of esters is 1. The number of nitrogen functional groups attached to an aromatic ring is 1. The van der Waals surface area contributed by atoms with Gasteiger partial charge in [-0.25, -0.2) is 4.79 Å². The van der Waals surface area contributed by atoms with Crippen molar-refractivity contribution in [3.63, 3.8) is 0 Å². The molecule has 1 aromatic carbocycles. The van der Waals surface area contributed by atoms with Crippen LogP contribution in [0.25, 0.3) is 0 Å². The summed E-state index contributed by atoms with van der Waals surface area (Å²) in [7, 11) is 0. The molecule has 4 N–H and O–H groups in total. The molecule has 0 aliphatic heterocycles. The van der Waals surface area contributed by atoms with Crippen molar-refractivity contribution in [2.45, 2.75) is 40.0 Å². The summed E-state index contributed by atoms with van der Waals surface area (Å²) < 4.78 is 5.18. The number of hydrogen-bond donors (Lipinski definition) is 2. The van der Waals surface area contributed by atoms with Gasteiger partial charge in [0.1, 0.15) is 6.61 Å². The molecule has 24 heavy (non-hydrogen) atoms. The summed E-state index contributed by atoms with van der Waals surface area (Å²) >= 11 is 0. The Morgan fingerprint density at radius 2 is 1.67 bits per heavy atom. The van der Waals surface area contributed by atoms with Gasteiger partial charge in [0.15, 0.2) is 0 Å². The van der Waals surface area contributed by atoms with Crippen molar-refractivity contribution in [2.75, 3.05) is 38.5 Å². The summed E-state index contributed by atoms with van der Waals surface area (Å²) in [6.45, 7) is 10.3. The van der Waals surface area contributed by atoms with Crippen molar-refractivity contribution in [3.8, 4) is 0 Å². The molecule has 0 saturated heterocycles. The van der Waals surface area contributed by atoms with E-state index in [2.05, 4.69) is 25.7 Å². The third kappa shape index (κ3) is 12.2. The molecule has 0 bridgehead atoms. The maximum absolute atomic E-state index is 11.6. The molecule has 140 valence electrons. The van der Waals surface area contributed by atoms with Gasteiger partial charge in [-0.2, -0.15) is 0 Å². The maximum atomic E-state index is 11.6. The molecule has 0 aliphatic rings. The first-order valence-electron chi connectivity index (χ1n) is 8.54. The summed E-state index contributed by atoms with van der Waals surface area (Å²) in [6.07, 6.45) is 3.75. The number of benzene rings is 1. The molecule has 0 atom stereocenters. The Morgan fingerprint density at radius 3 is 2.08 bits per heavy atom. The van der Waals surface area contributed by atoms with Crippen LogP contribution in [-0.2, 0) is 4.74 Å². The number of halogens is 1. The van der Waals surface area contributed by atoms with Crippen molar-refractivity contribution >= 4 is 24.1 Å². The van der Waals surface area contributed by atoms with Crippen molar-refractivity contribution in [2.24, 2.45) is 5.73 Å². The molecule has 1 rings (SSSR count). The topological polar surface area (TPSA) is 81.6 Å². The number of carbonyl (C=O) groups is 1. The highest BCUT2D eigenvalue weighted by molar-refractivity contribution is 5.89. The lowest BCUT2D eigenvalue weighted by Crippen LogP contribution is -2.27. The molecule has 0 aliphatic carbocycles. The predicted octanol–water partition coefficient (Wildman–Crippen LogP) is 3.32. The minimum Gasteiger partial charge on any atom is -0.461 e. The number of nitrogens with zero attached hydrogens (tertiary/aromatic N) is 1. The van der Waals surface area contributed by atoms with Crippen LogP contribution in [0.2, 0.25) is 0 Å². The monoisotopic (exact) mass is 359 g/mol. The van der Waals surface area contributed by atoms with Crippen LogP contribution in [0.5, 0.6) is 0 Å². The quantitative estimate of drug-likeness (QED) is 0.401. The molecule has 0 amide bonds. The number of hydrogen-bond acceptors (Lipinski definition) is 5. The van der Waals surface area contributed by atoms with Crippen LogP contribution in [0.15, 0.2) is 24.3 Å². The lowest BCUT2D eigenvalue weighted by Gasteiger charge is -2.17. The van der Waals surface area contributed by atoms with E-state index in [1.807, 2.05) is 0 Å². The van der Waals surface area contributed by atoms with Crippen LogP contribution in [-0.4, -0.2) is 43.7 Å². The smallest absolute Gasteiger partial charge is 0.338 e. The summed E-state index contributed by atoms with van der Waals surface area (Å²) in [6, 6.07) is 6.74. The van der Waals surface area contributed by atoms with E-state index in [0.717, 1.165) is 26.2 Å². The lowest BCUT2D eigenvalue weighted by atomic mass is 10.2. The second-order valence-electron chi connectivity index (χ2n) is 5.28. The first-order valence-corrected chi connectivity index (χ1v) is 8.54. The average molecular weight is 360 g/mol. The number of carbonyl (C=O) groups excluding carboxylic acids is 1. The van der Waals surface area contributed by atoms with Crippen LogP contribution in [0.3, 0.4) is 0 Å². The van der Waals surface area contributed by atoms with E-state index in [9.17, 15) is 4.79 Å². The second kappa shape index (κ2) is 16.6. The number of likely N-dealkylation sites (N-methyl/N-ethyl adjacent to an activating group) is 1. The van der Waals surface area contributed by atoms with Crippen LogP contribution < -0.4 is 11.5 Å². The SMILES string of the molecule is CCCCCN.CCN(CC)CCOC(=O)c1ccc(N)cc1.Cl. The van der Waals surface area contributed by atoms with Gasteiger partial charge in [-0.1, -0.05) is 33.6 Å². The fraction of sp³-hybridized carbons (Fsp3) is 0.611. The lowest BCUT2D eigenvalue weighted by molar-refractivity contribution is 0.0466. The summed E-state index contributed by atoms with van der Waals surface area (Å²) in [5.41, 5.74) is 11.9. The Balaban J connectivity index is 0. The van der Waals surface area contributed by atoms with Gasteiger partial charge in [0.05, 0.1) is 5.56 Å². The molecule has 0 radical (unpaired) electrons. The zero-order valence-electron chi connectivity index (χ0n) is 15.3. The fourth-order valence-corrected chi connectivity index (χ4v) is 1.90. The average Bonchev–Trinajstić information content (AvgIpc) is 2.58. The first-order chi connectivity index (χ1) is 11.1. The molecule has 5 nitrogen and oxygen atoms in total. The molecule has 0 fully saturated rings. The van der Waals surface area contributed by atoms with Crippen molar-refractivity contribution in [3.05, 3.63) is 29.8 Å². The minimum absolute atomic E-state index is 0. The summed E-state index contributed by atoms with van der Waals surface area (Å²) in [5, 5.41) is 0. The van der Waals surface area contributed by atoms with Crippen molar-refractivity contribution in [1.82, 2.24) is 4.90 Å². The van der Waals surface area contributed by atoms with Gasteiger partial charge in [0, 0.05) is 12.2 Å². The third-order valence-corrected chi connectivity index (χ3v) is 3.49. The molecule has 6 heteroatoms. The number of anilines is 1. The van der Waals surface area contributed by atoms with E-state index in [4.69, 9.17) is 16.2 Å². The first kappa shape index (κ1) is 24.9. The van der Waals surface area contributed by atoms with Gasteiger partial charge in [-0.3, -0.25) is 0 Å². The molecule has 0 spiro atoms. The number of nitrogens with two attached hydrogens (primary N) is 2. The molecule has 1 aromatic rings. The minimum atomic E-state index is -0.294. The molecule has 0 heterocycles. The standard InChI is InChI=1S/C13H20N2O2.C5H13N.ClH/c1-3-15(4-2)9-10-17-13(16)11-5-7-12(14)8-6-11;1-2-3-4-5-6;/h5-8H,3-4,9-10,14H2,1-2H3;2-6H2,1H3;1H. The third-order valence-electron chi connectivity index (χ3n) is 3.49. The summed E-state index contributed by atoms with van der Waals surface area (Å²) in [5.74, 6) is -0.294. The van der Waals surface area contributed by atoms with Crippen LogP contribution in [0, 0.1) is 0 Å². The number of ether oxygens (including phenoxy) is 1. The molecule has 0 aromatic heterocycles. The van der Waals surface area contributed by atoms with E-state index < -0.39 is 0 Å². The Kier molecular flexibility index (Phi) is 17.2. The fourth-order valence-electron chi connectivity index (χ4n) is 1.90. The maximum Gasteiger partial charge on any atom is 0.338 e. The van der Waals surface area contributed by atoms with Gasteiger partial charge in [0.2, 0.25) is 0 Å². The van der Waals surface area contributed by atoms with Crippen LogP contribution >= 0.6 is 12.4 Å². The van der Waals surface area contributed by atoms with Crippen LogP contribution in [0.4, 0.5) is 5.69 Å². The predicted molar refractivity (Wildman–Crippen MR) is 105 cm³/mol. The number of rotatable bonds is 9. The largest absolute Gasteiger partial charge is 0.461 e. The Bertz CT molecular complexity index is 405. The normalized spacial score (nSPS) is 9.71. The van der Waals surface area contributed by atoms with Gasteiger partial charge in [0.25, 0.3) is 0 Å². The zero-order chi connectivity index (χ0) is 17.5. The zero-order valence-corrected chi connectivity index (χ0v) is 16.1. The van der Waals surface area contributed by atoms with Gasteiger partial charge >= 0.3 is 5.97 Å². The van der Waals surface area contributed by atoms with Crippen molar-refractivity contribution < 1.29 is 9.53 Å². The molecular formula is C18H34ClN3O2. The van der Waals surface area contributed by atoms with E-state index in [1.54, 1.807) is 24.3 Å². The van der Waals surface area contributed by atoms with Gasteiger partial charge in [-0.05, 0) is 50.3 Å². The van der Waals surface area contributed by atoms with E-state index in [-0.39, 0.29) is 18.4 Å². The van der Waals surface area contributed by atoms with E-state index >= 15 is 0 Å². The van der Waals surface area contributed by atoms with Gasteiger partial charge in [-0.15, -0.1) is 12.4 Å². The van der Waals surface area contributed by atoms with Crippen LogP contribution in [0.1, 0.15) is 50.4 Å². The summed E-state index contributed by atoms with van der Waals surface area (Å²) in [4.78, 5) is 13.8. The molecule has 0 saturated carbocycles. The Labute approximate surface area is 153 Å².